The van der Waals surface area contributed by atoms with E-state index in [2.05, 4.69) is 5.28 Å². The molecule has 1 aliphatic heterocycles. The number of amides is 1. The summed E-state index contributed by atoms with van der Waals surface area (Å²) >= 11 is 0. The van der Waals surface area contributed by atoms with E-state index in [1.165, 1.54) is 9.91 Å². The second-order valence-electron chi connectivity index (χ2n) is 4.32. The van der Waals surface area contributed by atoms with Gasteiger partial charge in [0.05, 0.1) is 18.1 Å². The van der Waals surface area contributed by atoms with Crippen molar-refractivity contribution in [2.24, 2.45) is 5.28 Å². The van der Waals surface area contributed by atoms with E-state index in [9.17, 15) is 10.0 Å². The van der Waals surface area contributed by atoms with Gasteiger partial charge < -0.3 is 20.1 Å². The van der Waals surface area contributed by atoms with Crippen molar-refractivity contribution < 1.29 is 49.3 Å². The number of carbonyl (C=O) groups is 1. The van der Waals surface area contributed by atoms with Gasteiger partial charge in [0, 0.05) is 13.1 Å². The zero-order chi connectivity index (χ0) is 14.4. The third-order valence-electron chi connectivity index (χ3n) is 3.04. The Kier molecular flexibility index (Phi) is 7.27. The van der Waals surface area contributed by atoms with Crippen molar-refractivity contribution in [1.82, 2.24) is 9.91 Å². The van der Waals surface area contributed by atoms with Gasteiger partial charge in [0.25, 0.3) is 0 Å². The summed E-state index contributed by atoms with van der Waals surface area (Å²) in [6.07, 6.45) is -0.410. The van der Waals surface area contributed by atoms with Crippen LogP contribution in [-0.4, -0.2) is 52.4 Å². The smallest absolute Gasteiger partial charge is 0.569 e. The molecule has 9 heteroatoms. The fraction of sp³-hybridized carbons (Fsp3) is 0.417. The largest absolute Gasteiger partial charge is 1.00 e. The minimum absolute atomic E-state index is 0. The first-order valence-electron chi connectivity index (χ1n) is 6.23. The van der Waals surface area contributed by atoms with E-state index in [0.717, 1.165) is 5.56 Å². The van der Waals surface area contributed by atoms with Crippen LogP contribution in [0.4, 0.5) is 4.79 Å². The monoisotopic (exact) mass is 303 g/mol. The Balaban J connectivity index is 0.00000220. The third kappa shape index (κ3) is 5.07. The van der Waals surface area contributed by atoms with Gasteiger partial charge in [0.2, 0.25) is 5.28 Å². The van der Waals surface area contributed by atoms with E-state index in [4.69, 9.17) is 9.94 Å². The zero-order valence-corrected chi connectivity index (χ0v) is 13.9. The van der Waals surface area contributed by atoms with Crippen LogP contribution in [0.3, 0.4) is 0 Å². The summed E-state index contributed by atoms with van der Waals surface area (Å²) in [6, 6.07) is 9.41. The third-order valence-corrected chi connectivity index (χ3v) is 3.04. The van der Waals surface area contributed by atoms with Crippen molar-refractivity contribution in [2.75, 3.05) is 26.2 Å². The minimum Gasteiger partial charge on any atom is -0.569 e. The van der Waals surface area contributed by atoms with Gasteiger partial charge >= 0.3 is 35.7 Å². The van der Waals surface area contributed by atoms with Crippen LogP contribution < -0.4 is 29.6 Å². The fourth-order valence-electron chi connectivity index (χ4n) is 1.92. The predicted molar refractivity (Wildman–Crippen MR) is 67.6 cm³/mol. The normalized spacial score (nSPS) is 15.3. The standard InChI is InChI=1S/C12H16N4O4.Na/c17-12(20-10-11-4-2-1-3-5-11)14-6-8-15(9-7-14)16(19)13-18;/h1-5,18H,6-10H2;/q;+1. The van der Waals surface area contributed by atoms with E-state index in [-0.39, 0.29) is 41.1 Å². The van der Waals surface area contributed by atoms with Gasteiger partial charge in [0.1, 0.15) is 6.61 Å². The molecule has 108 valence electrons. The van der Waals surface area contributed by atoms with Crippen molar-refractivity contribution >= 4 is 6.09 Å². The summed E-state index contributed by atoms with van der Waals surface area (Å²) in [5, 5.41) is 23.2. The predicted octanol–water partition coefficient (Wildman–Crippen LogP) is -1.79. The summed E-state index contributed by atoms with van der Waals surface area (Å²) in [7, 11) is 0. The summed E-state index contributed by atoms with van der Waals surface area (Å²) < 4.78 is 5.19. The second-order valence-corrected chi connectivity index (χ2v) is 4.32. The molecule has 1 saturated heterocycles. The zero-order valence-electron chi connectivity index (χ0n) is 11.9. The maximum absolute atomic E-state index is 11.8. The summed E-state index contributed by atoms with van der Waals surface area (Å²) in [5.41, 5.74) is 0.921. The molecule has 21 heavy (non-hydrogen) atoms. The Hall–Kier alpha value is -1.51. The van der Waals surface area contributed by atoms with E-state index >= 15 is 0 Å². The van der Waals surface area contributed by atoms with Crippen molar-refractivity contribution in [3.8, 4) is 0 Å². The molecule has 0 radical (unpaired) electrons. The van der Waals surface area contributed by atoms with Crippen molar-refractivity contribution in [1.29, 1.82) is 0 Å². The Bertz CT molecular complexity index is 477. The van der Waals surface area contributed by atoms with Crippen molar-refractivity contribution in [3.05, 3.63) is 41.1 Å². The number of hydrogen-bond donors (Lipinski definition) is 1. The molecule has 1 aromatic rings. The molecule has 1 amide bonds. The molecule has 0 aromatic heterocycles. The molecule has 1 fully saturated rings. The Morgan fingerprint density at radius 1 is 1.29 bits per heavy atom. The molecule has 1 aliphatic rings. The number of rotatable bonds is 3. The van der Waals surface area contributed by atoms with Crippen LogP contribution in [0.1, 0.15) is 5.56 Å². The number of benzene rings is 1. The van der Waals surface area contributed by atoms with Gasteiger partial charge in [-0.25, -0.2) is 4.79 Å². The molecule has 1 heterocycles. The Labute approximate surface area is 144 Å². The van der Waals surface area contributed by atoms with Gasteiger partial charge in [-0.2, -0.15) is 0 Å². The van der Waals surface area contributed by atoms with Crippen molar-refractivity contribution in [3.63, 3.8) is 0 Å². The summed E-state index contributed by atoms with van der Waals surface area (Å²) in [6.45, 7) is 1.52. The van der Waals surface area contributed by atoms with Gasteiger partial charge in [-0.15, -0.1) is 5.01 Å². The molecular weight excluding hydrogens is 287 g/mol. The maximum Gasteiger partial charge on any atom is 1.00 e. The molecule has 2 rings (SSSR count). The van der Waals surface area contributed by atoms with Crippen molar-refractivity contribution in [2.45, 2.75) is 6.61 Å². The van der Waals surface area contributed by atoms with Crippen LogP contribution >= 0.6 is 0 Å². The molecule has 0 bridgehead atoms. The summed E-state index contributed by atoms with van der Waals surface area (Å²) in [5.74, 6) is 0. The molecule has 0 atom stereocenters. The molecular formula is C12H16N4NaO4+. The first-order valence-corrected chi connectivity index (χ1v) is 6.23. The molecule has 0 aliphatic carbocycles. The van der Waals surface area contributed by atoms with Crippen LogP contribution in [0.25, 0.3) is 0 Å². The van der Waals surface area contributed by atoms with E-state index < -0.39 is 6.09 Å². The number of nitrogens with zero attached hydrogens (tertiary/aromatic N) is 4. The molecule has 0 spiro atoms. The number of hydrazine groups is 1. The van der Waals surface area contributed by atoms with E-state index in [0.29, 0.717) is 26.2 Å². The Morgan fingerprint density at radius 2 is 1.90 bits per heavy atom. The quantitative estimate of drug-likeness (QED) is 0.308. The van der Waals surface area contributed by atoms with Crippen LogP contribution in [0.15, 0.2) is 35.6 Å². The average molecular weight is 303 g/mol. The molecule has 1 N–H and O–H groups in total. The molecule has 1 aromatic carbocycles. The van der Waals surface area contributed by atoms with Gasteiger partial charge in [-0.05, 0) is 5.56 Å². The van der Waals surface area contributed by atoms with Crippen LogP contribution in [0.5, 0.6) is 0 Å². The molecule has 0 unspecified atom stereocenters. The topological polar surface area (TPSA) is 91.4 Å². The van der Waals surface area contributed by atoms with Gasteiger partial charge in [-0.3, -0.25) is 0 Å². The minimum atomic E-state index is -0.410. The SMILES string of the molecule is O=C(OCc1ccccc1)N1CCN([N+]([O-])=NO)CC1.[Na+]. The maximum atomic E-state index is 11.8. The van der Waals surface area contributed by atoms with Gasteiger partial charge in [-0.1, -0.05) is 30.3 Å². The van der Waals surface area contributed by atoms with Crippen LogP contribution in [0.2, 0.25) is 0 Å². The molecule has 0 saturated carbocycles. The van der Waals surface area contributed by atoms with Crippen LogP contribution in [-0.2, 0) is 11.3 Å². The Morgan fingerprint density at radius 3 is 2.48 bits per heavy atom. The second kappa shape index (κ2) is 8.71. The summed E-state index contributed by atoms with van der Waals surface area (Å²) in [4.78, 5) is 13.5. The number of ether oxygens (including phenoxy) is 1. The first kappa shape index (κ1) is 17.5. The average Bonchev–Trinajstić information content (AvgIpc) is 2.53. The van der Waals surface area contributed by atoms with Gasteiger partial charge in [0.15, 0.2) is 0 Å². The number of hydrogen-bond acceptors (Lipinski definition) is 4. The number of carbonyl (C=O) groups excluding carboxylic acids is 1. The van der Waals surface area contributed by atoms with E-state index in [1.54, 1.807) is 0 Å². The first-order chi connectivity index (χ1) is 9.70. The fourth-order valence-corrected chi connectivity index (χ4v) is 1.92. The number of piperazine rings is 1. The molecule has 8 nitrogen and oxygen atoms in total. The van der Waals surface area contributed by atoms with E-state index in [1.807, 2.05) is 30.3 Å². The van der Waals surface area contributed by atoms with Crippen LogP contribution in [0, 0.1) is 5.21 Å².